The van der Waals surface area contributed by atoms with E-state index in [1.807, 2.05) is 6.92 Å². The Morgan fingerprint density at radius 3 is 2.78 bits per heavy atom. The van der Waals surface area contributed by atoms with E-state index >= 15 is 0 Å². The summed E-state index contributed by atoms with van der Waals surface area (Å²) in [5.41, 5.74) is 0. The van der Waals surface area contributed by atoms with Crippen LogP contribution in [-0.2, 0) is 37.4 Å². The third kappa shape index (κ3) is 5.78. The topological polar surface area (TPSA) is 9.23 Å². The molecule has 18 heavy (non-hydrogen) atoms. The van der Waals surface area contributed by atoms with E-state index in [9.17, 15) is 0 Å². The second-order valence-electron chi connectivity index (χ2n) is 5.85. The molecule has 0 N–H and O–H groups in total. The molecule has 1 heterocycles. The predicted molar refractivity (Wildman–Crippen MR) is 74.4 cm³/mol. The second kappa shape index (κ2) is 8.10. The van der Waals surface area contributed by atoms with Gasteiger partial charge in [-0.1, -0.05) is 33.6 Å². The van der Waals surface area contributed by atoms with Gasteiger partial charge < -0.3 is 11.7 Å². The molecule has 0 amide bonds. The first-order chi connectivity index (χ1) is 7.85. The van der Waals surface area contributed by atoms with E-state index in [1.165, 1.54) is 0 Å². The number of allylic oxidation sites excluding steroid dienone is 2. The van der Waals surface area contributed by atoms with Crippen LogP contribution in [0.15, 0.2) is 11.8 Å². The number of hydrogen-bond donors (Lipinski definition) is 0. The molecule has 0 aromatic carbocycles. The van der Waals surface area contributed by atoms with Gasteiger partial charge in [-0.05, 0) is 24.8 Å². The standard InChI is InChI=1S/C15H25BO.Y/c1-6-7-11(2)10-15(5,16)14-9-12(3)8-13(4)17-14;/h8,11-12H,1,6-7,9-10H2,2-5H3;/q-2;. The van der Waals surface area contributed by atoms with E-state index in [2.05, 4.69) is 33.8 Å². The van der Waals surface area contributed by atoms with E-state index in [-0.39, 0.29) is 38.0 Å². The second-order valence-corrected chi connectivity index (χ2v) is 5.85. The average molecular weight is 321 g/mol. The molecule has 1 aliphatic rings. The molecule has 0 saturated carbocycles. The van der Waals surface area contributed by atoms with E-state index < -0.39 is 0 Å². The van der Waals surface area contributed by atoms with Gasteiger partial charge in [-0.3, -0.25) is 0 Å². The fourth-order valence-electron chi connectivity index (χ4n) is 2.66. The SMILES string of the molecule is [B]C(C)(CC(C)CC[CH2-])[C-]1CC(C)C=C(C)O1.[Y]. The van der Waals surface area contributed by atoms with Crippen LogP contribution in [0.4, 0.5) is 0 Å². The average Bonchev–Trinajstić information content (AvgIpc) is 2.15. The molecule has 0 fully saturated rings. The summed E-state index contributed by atoms with van der Waals surface area (Å²) in [6.07, 6.45) is 7.23. The zero-order valence-corrected chi connectivity index (χ0v) is 15.2. The van der Waals surface area contributed by atoms with Crippen molar-refractivity contribution in [2.45, 2.75) is 58.7 Å². The van der Waals surface area contributed by atoms with Crippen LogP contribution in [0.2, 0.25) is 5.31 Å². The molecule has 0 spiro atoms. The normalized spacial score (nSPS) is 25.4. The van der Waals surface area contributed by atoms with Gasteiger partial charge in [0, 0.05) is 40.6 Å². The molecule has 0 aromatic rings. The third-order valence-electron chi connectivity index (χ3n) is 3.42. The number of rotatable bonds is 5. The van der Waals surface area contributed by atoms with E-state index in [0.29, 0.717) is 11.8 Å². The molecule has 3 heteroatoms. The molecule has 0 aromatic heterocycles. The maximum atomic E-state index is 6.44. The Balaban J connectivity index is 0.00000289. The van der Waals surface area contributed by atoms with Gasteiger partial charge in [0.25, 0.3) is 0 Å². The van der Waals surface area contributed by atoms with Crippen LogP contribution in [0.3, 0.4) is 0 Å². The summed E-state index contributed by atoms with van der Waals surface area (Å²) in [6, 6.07) is 0. The molecule has 1 aliphatic heterocycles. The summed E-state index contributed by atoms with van der Waals surface area (Å²) < 4.78 is 5.84. The number of ether oxygens (including phenoxy) is 1. The van der Waals surface area contributed by atoms with Gasteiger partial charge in [0.2, 0.25) is 0 Å². The first-order valence-electron chi connectivity index (χ1n) is 6.66. The largest absolute Gasteiger partial charge is 0.663 e. The van der Waals surface area contributed by atoms with Crippen molar-refractivity contribution in [1.82, 2.24) is 0 Å². The van der Waals surface area contributed by atoms with Crippen molar-refractivity contribution < 1.29 is 37.4 Å². The summed E-state index contributed by atoms with van der Waals surface area (Å²) in [7, 11) is 6.44. The monoisotopic (exact) mass is 321 g/mol. The molecule has 3 unspecified atom stereocenters. The third-order valence-corrected chi connectivity index (χ3v) is 3.42. The Hall–Kier alpha value is 0.709. The molecular weight excluding hydrogens is 296 g/mol. The molecule has 0 saturated heterocycles. The van der Waals surface area contributed by atoms with Crippen molar-refractivity contribution in [3.63, 3.8) is 0 Å². The van der Waals surface area contributed by atoms with Gasteiger partial charge in [0.15, 0.2) is 0 Å². The van der Waals surface area contributed by atoms with Crippen LogP contribution in [-0.4, -0.2) is 7.85 Å². The quantitative estimate of drug-likeness (QED) is 0.536. The first-order valence-corrected chi connectivity index (χ1v) is 6.66. The van der Waals surface area contributed by atoms with Gasteiger partial charge in [-0.15, -0.1) is 12.5 Å². The summed E-state index contributed by atoms with van der Waals surface area (Å²) in [4.78, 5) is 0. The molecule has 3 radical (unpaired) electrons. The zero-order chi connectivity index (χ0) is 13.1. The van der Waals surface area contributed by atoms with Crippen LogP contribution < -0.4 is 0 Å². The van der Waals surface area contributed by atoms with Crippen LogP contribution in [0.25, 0.3) is 0 Å². The summed E-state index contributed by atoms with van der Waals surface area (Å²) >= 11 is 0. The molecule has 99 valence electrons. The number of hydrogen-bond acceptors (Lipinski definition) is 1. The van der Waals surface area contributed by atoms with Crippen molar-refractivity contribution in [2.24, 2.45) is 11.8 Å². The summed E-state index contributed by atoms with van der Waals surface area (Å²) in [6.45, 7) is 12.5. The van der Waals surface area contributed by atoms with Crippen molar-refractivity contribution in [2.75, 3.05) is 0 Å². The Morgan fingerprint density at radius 1 is 1.67 bits per heavy atom. The summed E-state index contributed by atoms with van der Waals surface area (Å²) in [5, 5.41) is -0.321. The summed E-state index contributed by atoms with van der Waals surface area (Å²) in [5.74, 6) is 2.12. The van der Waals surface area contributed by atoms with Gasteiger partial charge >= 0.3 is 0 Å². The minimum atomic E-state index is -0.321. The minimum absolute atomic E-state index is 0. The van der Waals surface area contributed by atoms with Crippen molar-refractivity contribution in [3.05, 3.63) is 24.9 Å². The van der Waals surface area contributed by atoms with Crippen molar-refractivity contribution >= 4 is 7.85 Å². The molecule has 0 aliphatic carbocycles. The van der Waals surface area contributed by atoms with Crippen molar-refractivity contribution in [1.29, 1.82) is 0 Å². The maximum absolute atomic E-state index is 6.44. The van der Waals surface area contributed by atoms with Crippen LogP contribution in [0, 0.1) is 24.9 Å². The Morgan fingerprint density at radius 2 is 2.28 bits per heavy atom. The van der Waals surface area contributed by atoms with Gasteiger partial charge in [0.1, 0.15) is 0 Å². The van der Waals surface area contributed by atoms with Gasteiger partial charge in [-0.25, -0.2) is 0 Å². The zero-order valence-electron chi connectivity index (χ0n) is 12.3. The fourth-order valence-corrected chi connectivity index (χ4v) is 2.66. The Kier molecular flexibility index (Phi) is 8.42. The van der Waals surface area contributed by atoms with Crippen LogP contribution in [0.5, 0.6) is 0 Å². The Bertz CT molecular complexity index is 276. The molecule has 0 bridgehead atoms. The van der Waals surface area contributed by atoms with Crippen LogP contribution >= 0.6 is 0 Å². The predicted octanol–water partition coefficient (Wildman–Crippen LogP) is 4.46. The van der Waals surface area contributed by atoms with Crippen molar-refractivity contribution in [3.8, 4) is 0 Å². The molecule has 3 atom stereocenters. The molecule has 1 rings (SSSR count). The Labute approximate surface area is 140 Å². The maximum Gasteiger partial charge on any atom is 0.0535 e. The van der Waals surface area contributed by atoms with Crippen LogP contribution in [0.1, 0.15) is 53.4 Å². The van der Waals surface area contributed by atoms with E-state index in [1.54, 1.807) is 0 Å². The van der Waals surface area contributed by atoms with E-state index in [0.717, 1.165) is 37.5 Å². The van der Waals surface area contributed by atoms with E-state index in [4.69, 9.17) is 12.6 Å². The van der Waals surface area contributed by atoms with Gasteiger partial charge in [-0.2, -0.15) is 11.7 Å². The molecule has 1 nitrogen and oxygen atoms in total. The van der Waals surface area contributed by atoms with Gasteiger partial charge in [0.05, 0.1) is 5.76 Å². The smallest absolute Gasteiger partial charge is 0.0535 e. The first kappa shape index (κ1) is 18.7. The minimum Gasteiger partial charge on any atom is -0.663 e. The molecular formula is C15H25BOY-2. The fraction of sp³-hybridized carbons (Fsp3) is 0.733.